The molecule has 1 heterocycles. The monoisotopic (exact) mass is 414 g/mol. The summed E-state index contributed by atoms with van der Waals surface area (Å²) in [7, 11) is -3.57. The molecule has 0 spiro atoms. The fraction of sp³-hybridized carbons (Fsp3) is 0.381. The van der Waals surface area contributed by atoms with E-state index in [1.54, 1.807) is 22.8 Å². The van der Waals surface area contributed by atoms with E-state index in [0.29, 0.717) is 23.1 Å². The van der Waals surface area contributed by atoms with Crippen LogP contribution in [0.4, 0.5) is 0 Å². The maximum absolute atomic E-state index is 12.9. The Balaban J connectivity index is 1.44. The zero-order valence-electron chi connectivity index (χ0n) is 15.4. The van der Waals surface area contributed by atoms with E-state index >= 15 is 0 Å². The zero-order valence-corrected chi connectivity index (χ0v) is 17.0. The Labute approximate surface area is 168 Å². The number of fused-ring (bicyclic) bond motifs is 3. The van der Waals surface area contributed by atoms with Crippen molar-refractivity contribution in [2.45, 2.75) is 43.2 Å². The van der Waals surface area contributed by atoms with Gasteiger partial charge in [-0.05, 0) is 54.9 Å². The first-order valence-electron chi connectivity index (χ1n) is 9.69. The summed E-state index contributed by atoms with van der Waals surface area (Å²) in [5.74, 6) is 1.16. The molecule has 2 aliphatic rings. The molecule has 3 atom stereocenters. The van der Waals surface area contributed by atoms with E-state index in [-0.39, 0.29) is 15.8 Å². The maximum atomic E-state index is 12.9. The second-order valence-corrected chi connectivity index (χ2v) is 10.7. The molecule has 0 unspecified atom stereocenters. The van der Waals surface area contributed by atoms with E-state index < -0.39 is 10.0 Å². The molecule has 0 saturated heterocycles. The van der Waals surface area contributed by atoms with Crippen LogP contribution in [0.15, 0.2) is 58.2 Å². The second-order valence-electron chi connectivity index (χ2n) is 7.97. The molecule has 7 heteroatoms. The lowest BCUT2D eigenvalue weighted by Gasteiger charge is -2.22. The molecule has 146 valence electrons. The number of rotatable bonds is 5. The molecule has 2 fully saturated rings. The van der Waals surface area contributed by atoms with Crippen molar-refractivity contribution in [2.24, 2.45) is 11.8 Å². The number of thiazole rings is 1. The number of hydrogen-bond acceptors (Lipinski definition) is 4. The Morgan fingerprint density at radius 2 is 1.89 bits per heavy atom. The first-order chi connectivity index (χ1) is 13.5. The van der Waals surface area contributed by atoms with Crippen LogP contribution in [-0.4, -0.2) is 19.0 Å². The highest BCUT2D eigenvalue weighted by Gasteiger charge is 2.41. The van der Waals surface area contributed by atoms with Crippen molar-refractivity contribution in [3.8, 4) is 0 Å². The smallest absolute Gasteiger partial charge is 0.294 e. The van der Waals surface area contributed by atoms with Gasteiger partial charge in [0.25, 0.3) is 0 Å². The first kappa shape index (κ1) is 18.1. The Hall–Kier alpha value is -1.96. The fourth-order valence-electron chi connectivity index (χ4n) is 4.79. The topological polar surface area (TPSA) is 68.2 Å². The largest absolute Gasteiger partial charge is 0.308 e. The van der Waals surface area contributed by atoms with Crippen LogP contribution in [0.2, 0.25) is 0 Å². The standard InChI is InChI=1S/C21H22N2O3S2/c24-21-23(13-14-4-2-1-3-5-14)19-9-8-17(12-20(19)27-21)28(25,26)22-18-11-15-6-7-16(18)10-15/h1-5,8-9,12,15-16,18,22H,6-7,10-11,13H2/t15-,16+,18-/m0/s1. The van der Waals surface area contributed by atoms with Crippen LogP contribution in [0.3, 0.4) is 0 Å². The summed E-state index contributed by atoms with van der Waals surface area (Å²) in [5.41, 5.74) is 1.82. The highest BCUT2D eigenvalue weighted by atomic mass is 32.2. The van der Waals surface area contributed by atoms with Gasteiger partial charge in [-0.3, -0.25) is 9.36 Å². The van der Waals surface area contributed by atoms with Gasteiger partial charge in [-0.1, -0.05) is 48.1 Å². The summed E-state index contributed by atoms with van der Waals surface area (Å²) in [6, 6.07) is 14.9. The molecule has 28 heavy (non-hydrogen) atoms. The van der Waals surface area contributed by atoms with E-state index in [1.807, 2.05) is 30.3 Å². The second kappa shape index (κ2) is 6.83. The van der Waals surface area contributed by atoms with Crippen LogP contribution in [-0.2, 0) is 16.6 Å². The first-order valence-corrected chi connectivity index (χ1v) is 12.0. The van der Waals surface area contributed by atoms with Gasteiger partial charge in [-0.15, -0.1) is 0 Å². The van der Waals surface area contributed by atoms with Crippen LogP contribution < -0.4 is 9.60 Å². The van der Waals surface area contributed by atoms with E-state index in [9.17, 15) is 13.2 Å². The molecule has 5 nitrogen and oxygen atoms in total. The molecule has 0 aliphatic heterocycles. The van der Waals surface area contributed by atoms with Crippen LogP contribution in [0, 0.1) is 11.8 Å². The van der Waals surface area contributed by atoms with Gasteiger partial charge in [-0.25, -0.2) is 13.1 Å². The predicted molar refractivity (Wildman–Crippen MR) is 111 cm³/mol. The molecule has 2 saturated carbocycles. The van der Waals surface area contributed by atoms with Gasteiger partial charge in [0.2, 0.25) is 10.0 Å². The molecule has 2 bridgehead atoms. The van der Waals surface area contributed by atoms with Crippen molar-refractivity contribution in [2.75, 3.05) is 0 Å². The van der Waals surface area contributed by atoms with Gasteiger partial charge in [0.1, 0.15) is 0 Å². The van der Waals surface area contributed by atoms with Crippen molar-refractivity contribution in [1.82, 2.24) is 9.29 Å². The number of sulfonamides is 1. The molecular weight excluding hydrogens is 392 g/mol. The van der Waals surface area contributed by atoms with E-state index in [1.165, 1.54) is 6.42 Å². The number of hydrogen-bond donors (Lipinski definition) is 1. The number of aromatic nitrogens is 1. The summed E-state index contributed by atoms with van der Waals surface area (Å²) in [4.78, 5) is 12.7. The third-order valence-electron chi connectivity index (χ3n) is 6.18. The number of benzene rings is 2. The van der Waals surface area contributed by atoms with Gasteiger partial charge < -0.3 is 0 Å². The quantitative estimate of drug-likeness (QED) is 0.694. The van der Waals surface area contributed by atoms with Gasteiger partial charge in [0.05, 0.1) is 21.7 Å². The summed E-state index contributed by atoms with van der Waals surface area (Å²) in [5, 5.41) is 0. The lowest BCUT2D eigenvalue weighted by molar-refractivity contribution is 0.390. The Kier molecular flexibility index (Phi) is 4.41. The average molecular weight is 415 g/mol. The minimum absolute atomic E-state index is 0.0564. The van der Waals surface area contributed by atoms with Crippen molar-refractivity contribution in [1.29, 1.82) is 0 Å². The molecule has 5 rings (SSSR count). The molecular formula is C21H22N2O3S2. The third kappa shape index (κ3) is 3.21. The van der Waals surface area contributed by atoms with Crippen LogP contribution in [0.5, 0.6) is 0 Å². The summed E-state index contributed by atoms with van der Waals surface area (Å²) in [6.07, 6.45) is 4.46. The van der Waals surface area contributed by atoms with Crippen LogP contribution >= 0.6 is 11.3 Å². The van der Waals surface area contributed by atoms with Crippen LogP contribution in [0.1, 0.15) is 31.2 Å². The van der Waals surface area contributed by atoms with Gasteiger partial charge in [0, 0.05) is 6.04 Å². The summed E-state index contributed by atoms with van der Waals surface area (Å²) >= 11 is 1.10. The predicted octanol–water partition coefficient (Wildman–Crippen LogP) is 3.58. The van der Waals surface area contributed by atoms with Gasteiger partial charge in [0.15, 0.2) is 0 Å². The van der Waals surface area contributed by atoms with E-state index in [0.717, 1.165) is 41.7 Å². The lowest BCUT2D eigenvalue weighted by Crippen LogP contribution is -2.38. The molecule has 2 aliphatic carbocycles. The van der Waals surface area contributed by atoms with Crippen molar-refractivity contribution in [3.63, 3.8) is 0 Å². The number of nitrogens with one attached hydrogen (secondary N) is 1. The van der Waals surface area contributed by atoms with Gasteiger partial charge >= 0.3 is 4.87 Å². The SMILES string of the molecule is O=c1sc2cc(S(=O)(=O)N[C@H]3C[C@H]4CC[C@@H]3C4)ccc2n1Cc1ccccc1. The Morgan fingerprint density at radius 3 is 2.61 bits per heavy atom. The number of nitrogens with zero attached hydrogens (tertiary/aromatic N) is 1. The summed E-state index contributed by atoms with van der Waals surface area (Å²) < 4.78 is 31.1. The van der Waals surface area contributed by atoms with Crippen molar-refractivity contribution in [3.05, 3.63) is 63.8 Å². The minimum atomic E-state index is -3.57. The third-order valence-corrected chi connectivity index (χ3v) is 8.61. The normalized spacial score (nSPS) is 24.2. The van der Waals surface area contributed by atoms with Crippen LogP contribution in [0.25, 0.3) is 10.2 Å². The molecule has 0 amide bonds. The van der Waals surface area contributed by atoms with E-state index in [4.69, 9.17) is 0 Å². The molecule has 3 aromatic rings. The molecule has 2 aromatic carbocycles. The van der Waals surface area contributed by atoms with Gasteiger partial charge in [-0.2, -0.15) is 0 Å². The Morgan fingerprint density at radius 1 is 1.07 bits per heavy atom. The highest BCUT2D eigenvalue weighted by molar-refractivity contribution is 7.89. The summed E-state index contributed by atoms with van der Waals surface area (Å²) in [6.45, 7) is 0.481. The maximum Gasteiger partial charge on any atom is 0.308 e. The van der Waals surface area contributed by atoms with Crippen molar-refractivity contribution >= 4 is 31.6 Å². The average Bonchev–Trinajstić information content (AvgIpc) is 3.37. The molecule has 0 radical (unpaired) electrons. The highest BCUT2D eigenvalue weighted by Crippen LogP contribution is 2.44. The lowest BCUT2D eigenvalue weighted by atomic mass is 9.96. The zero-order chi connectivity index (χ0) is 19.3. The molecule has 1 aromatic heterocycles. The van der Waals surface area contributed by atoms with Crippen molar-refractivity contribution < 1.29 is 8.42 Å². The fourth-order valence-corrected chi connectivity index (χ4v) is 7.13. The minimum Gasteiger partial charge on any atom is -0.294 e. The Bertz CT molecular complexity index is 1180. The molecule has 1 N–H and O–H groups in total. The van der Waals surface area contributed by atoms with E-state index in [2.05, 4.69) is 4.72 Å².